The Morgan fingerprint density at radius 2 is 1.89 bits per heavy atom. The molecule has 0 fully saturated rings. The Hall–Kier alpha value is -1.82. The maximum absolute atomic E-state index is 11.5. The van der Waals surface area contributed by atoms with Crippen molar-refractivity contribution in [3.05, 3.63) is 35.9 Å². The van der Waals surface area contributed by atoms with Crippen LogP contribution in [-0.2, 0) is 20.8 Å². The van der Waals surface area contributed by atoms with Crippen LogP contribution in [0.4, 0.5) is 0 Å². The van der Waals surface area contributed by atoms with E-state index in [4.69, 9.17) is 5.11 Å². The average molecular weight is 281 g/mol. The molecule has 6 heteroatoms. The second-order valence-corrected chi connectivity index (χ2v) is 5.31. The van der Waals surface area contributed by atoms with E-state index in [1.165, 1.54) is 6.92 Å². The van der Waals surface area contributed by atoms with Gasteiger partial charge in [0.25, 0.3) is 0 Å². The minimum atomic E-state index is -1.05. The zero-order valence-electron chi connectivity index (χ0n) is 10.5. The van der Waals surface area contributed by atoms with Crippen LogP contribution in [0.2, 0.25) is 0 Å². The van der Waals surface area contributed by atoms with Gasteiger partial charge in [-0.15, -0.1) is 0 Å². The third-order valence-electron chi connectivity index (χ3n) is 2.29. The lowest BCUT2D eigenvalue weighted by Gasteiger charge is -2.06. The van der Waals surface area contributed by atoms with Crippen LogP contribution in [-0.4, -0.2) is 33.9 Å². The Bertz CT molecular complexity index is 461. The largest absolute Gasteiger partial charge is 0.480 e. The molecule has 0 saturated carbocycles. The van der Waals surface area contributed by atoms with Crippen molar-refractivity contribution in [2.45, 2.75) is 18.6 Å². The lowest BCUT2D eigenvalue weighted by Crippen LogP contribution is -2.30. The molecule has 1 atom stereocenters. The first kappa shape index (κ1) is 15.2. The van der Waals surface area contributed by atoms with E-state index >= 15 is 0 Å². The van der Waals surface area contributed by atoms with Gasteiger partial charge < -0.3 is 10.4 Å². The molecule has 0 aliphatic rings. The van der Waals surface area contributed by atoms with Crippen molar-refractivity contribution in [1.82, 2.24) is 5.32 Å². The zero-order chi connectivity index (χ0) is 14.3. The Labute approximate surface area is 115 Å². The standard InChI is InChI=1S/C13H15NO4S/c1-9(13(17)18)19-12(16)8-14-11(15)7-10-5-3-2-4-6-10/h2-6,9H,7-8H2,1H3,(H,14,15)(H,17,18). The molecule has 0 radical (unpaired) electrons. The van der Waals surface area contributed by atoms with Gasteiger partial charge >= 0.3 is 5.97 Å². The molecule has 0 spiro atoms. The molecule has 19 heavy (non-hydrogen) atoms. The fraction of sp³-hybridized carbons (Fsp3) is 0.308. The summed E-state index contributed by atoms with van der Waals surface area (Å²) in [6.07, 6.45) is 0.202. The lowest BCUT2D eigenvalue weighted by atomic mass is 10.1. The fourth-order valence-corrected chi connectivity index (χ4v) is 1.95. The normalized spacial score (nSPS) is 11.6. The molecule has 0 aliphatic carbocycles. The maximum atomic E-state index is 11.5. The monoisotopic (exact) mass is 281 g/mol. The number of carboxylic acids is 1. The minimum absolute atomic E-state index is 0.159. The number of benzene rings is 1. The Morgan fingerprint density at radius 3 is 2.47 bits per heavy atom. The van der Waals surface area contributed by atoms with Gasteiger partial charge in [-0.1, -0.05) is 42.1 Å². The summed E-state index contributed by atoms with van der Waals surface area (Å²) >= 11 is 0.703. The number of aliphatic carboxylic acids is 1. The van der Waals surface area contributed by atoms with Crippen LogP contribution in [0.15, 0.2) is 30.3 Å². The predicted octanol–water partition coefficient (Wildman–Crippen LogP) is 1.08. The summed E-state index contributed by atoms with van der Waals surface area (Å²) in [5.41, 5.74) is 0.860. The molecule has 0 heterocycles. The van der Waals surface area contributed by atoms with Gasteiger partial charge in [0.1, 0.15) is 5.25 Å². The van der Waals surface area contributed by atoms with Gasteiger partial charge in [0.15, 0.2) is 0 Å². The summed E-state index contributed by atoms with van der Waals surface area (Å²) < 4.78 is 0. The highest BCUT2D eigenvalue weighted by Crippen LogP contribution is 2.10. The number of hydrogen-bond acceptors (Lipinski definition) is 4. The molecule has 0 aliphatic heterocycles. The number of carbonyl (C=O) groups excluding carboxylic acids is 2. The van der Waals surface area contributed by atoms with Crippen LogP contribution < -0.4 is 5.32 Å². The molecule has 2 N–H and O–H groups in total. The number of carbonyl (C=O) groups is 3. The molecule has 0 saturated heterocycles. The van der Waals surface area contributed by atoms with Crippen LogP contribution >= 0.6 is 11.8 Å². The van der Waals surface area contributed by atoms with E-state index in [1.807, 2.05) is 30.3 Å². The summed E-state index contributed by atoms with van der Waals surface area (Å²) in [6, 6.07) is 9.16. The predicted molar refractivity (Wildman–Crippen MR) is 72.9 cm³/mol. The van der Waals surface area contributed by atoms with Crippen molar-refractivity contribution >= 4 is 28.8 Å². The van der Waals surface area contributed by atoms with Crippen LogP contribution in [0.25, 0.3) is 0 Å². The number of rotatable bonds is 6. The van der Waals surface area contributed by atoms with Crippen molar-refractivity contribution in [1.29, 1.82) is 0 Å². The lowest BCUT2D eigenvalue weighted by molar-refractivity contribution is -0.136. The quantitative estimate of drug-likeness (QED) is 0.815. The van der Waals surface area contributed by atoms with Crippen molar-refractivity contribution in [2.24, 2.45) is 0 Å². The van der Waals surface area contributed by atoms with E-state index in [2.05, 4.69) is 5.32 Å². The molecule has 1 aromatic carbocycles. The molecule has 0 aromatic heterocycles. The molecule has 1 rings (SSSR count). The first-order valence-electron chi connectivity index (χ1n) is 5.72. The van der Waals surface area contributed by atoms with Crippen molar-refractivity contribution in [3.8, 4) is 0 Å². The highest BCUT2D eigenvalue weighted by Gasteiger charge is 2.16. The zero-order valence-corrected chi connectivity index (χ0v) is 11.3. The Balaban J connectivity index is 2.30. The molecule has 1 amide bonds. The summed E-state index contributed by atoms with van der Waals surface area (Å²) in [5, 5.41) is 9.94. The number of hydrogen-bond donors (Lipinski definition) is 2. The number of nitrogens with one attached hydrogen (secondary N) is 1. The molecular weight excluding hydrogens is 266 g/mol. The van der Waals surface area contributed by atoms with Gasteiger partial charge in [-0.3, -0.25) is 14.4 Å². The molecular formula is C13H15NO4S. The van der Waals surface area contributed by atoms with Crippen LogP contribution in [0.5, 0.6) is 0 Å². The van der Waals surface area contributed by atoms with Crippen molar-refractivity contribution < 1.29 is 19.5 Å². The third kappa shape index (κ3) is 6.05. The molecule has 1 unspecified atom stereocenters. The fourth-order valence-electron chi connectivity index (χ4n) is 1.30. The summed E-state index contributed by atoms with van der Waals surface area (Å²) in [7, 11) is 0. The van der Waals surface area contributed by atoms with Gasteiger partial charge in [0.05, 0.1) is 13.0 Å². The number of thioether (sulfide) groups is 1. The summed E-state index contributed by atoms with van der Waals surface area (Å²) in [4.78, 5) is 33.5. The molecule has 102 valence electrons. The average Bonchev–Trinajstić information content (AvgIpc) is 2.37. The van der Waals surface area contributed by atoms with Crippen LogP contribution in [0, 0.1) is 0 Å². The van der Waals surface area contributed by atoms with Gasteiger partial charge in [-0.2, -0.15) is 0 Å². The van der Waals surface area contributed by atoms with E-state index in [-0.39, 0.29) is 24.0 Å². The smallest absolute Gasteiger partial charge is 0.316 e. The molecule has 1 aromatic rings. The van der Waals surface area contributed by atoms with E-state index in [9.17, 15) is 14.4 Å². The van der Waals surface area contributed by atoms with Gasteiger partial charge in [0, 0.05) is 0 Å². The topological polar surface area (TPSA) is 83.5 Å². The first-order valence-corrected chi connectivity index (χ1v) is 6.60. The van der Waals surface area contributed by atoms with Gasteiger partial charge in [-0.25, -0.2) is 0 Å². The second kappa shape index (κ2) is 7.58. The van der Waals surface area contributed by atoms with Crippen molar-refractivity contribution in [3.63, 3.8) is 0 Å². The summed E-state index contributed by atoms with van der Waals surface area (Å²) in [5.74, 6) is -1.31. The van der Waals surface area contributed by atoms with Crippen molar-refractivity contribution in [2.75, 3.05) is 6.54 Å². The Morgan fingerprint density at radius 1 is 1.26 bits per heavy atom. The van der Waals surface area contributed by atoms with E-state index in [0.29, 0.717) is 11.8 Å². The highest BCUT2D eigenvalue weighted by molar-refractivity contribution is 8.14. The molecule has 5 nitrogen and oxygen atoms in total. The van der Waals surface area contributed by atoms with E-state index in [1.54, 1.807) is 0 Å². The van der Waals surface area contributed by atoms with Gasteiger partial charge in [-0.05, 0) is 12.5 Å². The minimum Gasteiger partial charge on any atom is -0.480 e. The second-order valence-electron chi connectivity index (χ2n) is 3.91. The van der Waals surface area contributed by atoms with E-state index in [0.717, 1.165) is 5.56 Å². The molecule has 0 bridgehead atoms. The number of carboxylic acid groups (broad SMARTS) is 1. The van der Waals surface area contributed by atoms with E-state index < -0.39 is 11.2 Å². The third-order valence-corrected chi connectivity index (χ3v) is 3.26. The number of amides is 1. The first-order chi connectivity index (χ1) is 8.99. The summed E-state index contributed by atoms with van der Waals surface area (Å²) in [6.45, 7) is 1.27. The maximum Gasteiger partial charge on any atom is 0.316 e. The SMILES string of the molecule is CC(SC(=O)CNC(=O)Cc1ccccc1)C(=O)O. The Kier molecular flexibility index (Phi) is 6.08. The highest BCUT2D eigenvalue weighted by atomic mass is 32.2. The van der Waals surface area contributed by atoms with Crippen LogP contribution in [0.3, 0.4) is 0 Å². The van der Waals surface area contributed by atoms with Crippen LogP contribution in [0.1, 0.15) is 12.5 Å². The van der Waals surface area contributed by atoms with Gasteiger partial charge in [0.2, 0.25) is 11.0 Å².